The van der Waals surface area contributed by atoms with Crippen molar-refractivity contribution >= 4 is 5.97 Å². The predicted molar refractivity (Wildman–Crippen MR) is 68.1 cm³/mol. The van der Waals surface area contributed by atoms with Gasteiger partial charge >= 0.3 is 5.97 Å². The molecule has 1 heterocycles. The summed E-state index contributed by atoms with van der Waals surface area (Å²) in [5.41, 5.74) is 0. The molecule has 0 aromatic carbocycles. The summed E-state index contributed by atoms with van der Waals surface area (Å²) in [5, 5.41) is 0. The van der Waals surface area contributed by atoms with Crippen molar-refractivity contribution in [1.29, 1.82) is 0 Å². The molecular weight excluding hydrogens is 230 g/mol. The summed E-state index contributed by atoms with van der Waals surface area (Å²) in [6.45, 7) is 2.14. The SMILES string of the molecule is COC(=O)CN(CCn1ccnc1)C1CCCC1. The molecule has 0 saturated heterocycles. The van der Waals surface area contributed by atoms with Gasteiger partial charge in [0.1, 0.15) is 0 Å². The fraction of sp³-hybridized carbons (Fsp3) is 0.692. The van der Waals surface area contributed by atoms with Gasteiger partial charge in [-0.3, -0.25) is 9.69 Å². The quantitative estimate of drug-likeness (QED) is 0.715. The molecule has 18 heavy (non-hydrogen) atoms. The molecule has 0 aliphatic heterocycles. The van der Waals surface area contributed by atoms with Gasteiger partial charge in [-0.05, 0) is 12.8 Å². The van der Waals surface area contributed by atoms with Crippen LogP contribution >= 0.6 is 0 Å². The van der Waals surface area contributed by atoms with Crippen LogP contribution in [0.15, 0.2) is 18.7 Å². The molecule has 0 unspecified atom stereocenters. The van der Waals surface area contributed by atoms with Crippen LogP contribution in [-0.4, -0.2) is 46.7 Å². The Kier molecular flexibility index (Phi) is 4.75. The number of hydrogen-bond donors (Lipinski definition) is 0. The van der Waals surface area contributed by atoms with E-state index in [1.165, 1.54) is 32.8 Å². The lowest BCUT2D eigenvalue weighted by Crippen LogP contribution is -2.40. The highest BCUT2D eigenvalue weighted by Gasteiger charge is 2.24. The zero-order valence-corrected chi connectivity index (χ0v) is 10.9. The fourth-order valence-corrected chi connectivity index (χ4v) is 2.55. The number of carbonyl (C=O) groups excluding carboxylic acids is 1. The van der Waals surface area contributed by atoms with Gasteiger partial charge in [0, 0.05) is 31.5 Å². The van der Waals surface area contributed by atoms with Gasteiger partial charge in [0.15, 0.2) is 0 Å². The normalized spacial score (nSPS) is 16.3. The van der Waals surface area contributed by atoms with E-state index in [0.29, 0.717) is 12.6 Å². The van der Waals surface area contributed by atoms with Crippen molar-refractivity contribution < 1.29 is 9.53 Å². The molecule has 0 atom stereocenters. The van der Waals surface area contributed by atoms with Gasteiger partial charge in [-0.1, -0.05) is 12.8 Å². The molecule has 5 heteroatoms. The van der Waals surface area contributed by atoms with Gasteiger partial charge in [-0.15, -0.1) is 0 Å². The molecular formula is C13H21N3O2. The lowest BCUT2D eigenvalue weighted by molar-refractivity contribution is -0.142. The summed E-state index contributed by atoms with van der Waals surface area (Å²) < 4.78 is 6.82. The number of imidazole rings is 1. The zero-order valence-electron chi connectivity index (χ0n) is 10.9. The monoisotopic (exact) mass is 251 g/mol. The molecule has 0 amide bonds. The molecule has 100 valence electrons. The van der Waals surface area contributed by atoms with Crippen molar-refractivity contribution in [2.45, 2.75) is 38.3 Å². The summed E-state index contributed by atoms with van der Waals surface area (Å²) >= 11 is 0. The highest BCUT2D eigenvalue weighted by Crippen LogP contribution is 2.23. The third-order valence-electron chi connectivity index (χ3n) is 3.61. The van der Waals surface area contributed by atoms with Gasteiger partial charge in [0.25, 0.3) is 0 Å². The van der Waals surface area contributed by atoms with E-state index in [9.17, 15) is 4.79 Å². The summed E-state index contributed by atoms with van der Waals surface area (Å²) in [6.07, 6.45) is 10.5. The molecule has 5 nitrogen and oxygen atoms in total. The Morgan fingerprint density at radius 1 is 1.50 bits per heavy atom. The predicted octanol–water partition coefficient (Wildman–Crippen LogP) is 1.30. The van der Waals surface area contributed by atoms with Crippen LogP contribution in [0.3, 0.4) is 0 Å². The van der Waals surface area contributed by atoms with Crippen molar-refractivity contribution in [3.8, 4) is 0 Å². The Bertz CT molecular complexity index is 358. The minimum Gasteiger partial charge on any atom is -0.468 e. The summed E-state index contributed by atoms with van der Waals surface area (Å²) in [6, 6.07) is 0.535. The van der Waals surface area contributed by atoms with Crippen LogP contribution in [0.2, 0.25) is 0 Å². The van der Waals surface area contributed by atoms with Gasteiger partial charge in [0.05, 0.1) is 20.0 Å². The Morgan fingerprint density at radius 3 is 2.89 bits per heavy atom. The van der Waals surface area contributed by atoms with E-state index >= 15 is 0 Å². The number of aromatic nitrogens is 2. The molecule has 1 aliphatic rings. The molecule has 2 rings (SSSR count). The van der Waals surface area contributed by atoms with E-state index < -0.39 is 0 Å². The minimum absolute atomic E-state index is 0.146. The molecule has 1 aromatic heterocycles. The van der Waals surface area contributed by atoms with Crippen LogP contribution in [-0.2, 0) is 16.1 Å². The van der Waals surface area contributed by atoms with E-state index in [0.717, 1.165) is 13.1 Å². The second-order valence-corrected chi connectivity index (χ2v) is 4.79. The van der Waals surface area contributed by atoms with E-state index in [2.05, 4.69) is 9.88 Å². The first-order valence-corrected chi connectivity index (χ1v) is 6.56. The van der Waals surface area contributed by atoms with Gasteiger partial charge in [-0.2, -0.15) is 0 Å². The van der Waals surface area contributed by atoms with Crippen LogP contribution in [0, 0.1) is 0 Å². The van der Waals surface area contributed by atoms with Gasteiger partial charge in [0.2, 0.25) is 0 Å². The lowest BCUT2D eigenvalue weighted by atomic mass is 10.2. The highest BCUT2D eigenvalue weighted by atomic mass is 16.5. The fourth-order valence-electron chi connectivity index (χ4n) is 2.55. The van der Waals surface area contributed by atoms with Crippen molar-refractivity contribution in [2.24, 2.45) is 0 Å². The molecule has 1 fully saturated rings. The van der Waals surface area contributed by atoms with E-state index in [4.69, 9.17) is 4.74 Å². The Morgan fingerprint density at radius 2 is 2.28 bits per heavy atom. The van der Waals surface area contributed by atoms with Crippen molar-refractivity contribution in [1.82, 2.24) is 14.5 Å². The molecule has 1 aliphatic carbocycles. The number of carbonyl (C=O) groups is 1. The maximum atomic E-state index is 11.5. The number of esters is 1. The number of methoxy groups -OCH3 is 1. The number of rotatable bonds is 6. The van der Waals surface area contributed by atoms with Crippen LogP contribution in [0.5, 0.6) is 0 Å². The smallest absolute Gasteiger partial charge is 0.319 e. The summed E-state index contributed by atoms with van der Waals surface area (Å²) in [7, 11) is 1.45. The standard InChI is InChI=1S/C13H21N3O2/c1-18-13(17)10-16(12-4-2-3-5-12)9-8-15-7-6-14-11-15/h6-7,11-12H,2-5,8-10H2,1H3. The largest absolute Gasteiger partial charge is 0.468 e. The third-order valence-corrected chi connectivity index (χ3v) is 3.61. The first kappa shape index (κ1) is 13.1. The number of nitrogens with zero attached hydrogens (tertiary/aromatic N) is 3. The lowest BCUT2D eigenvalue weighted by Gasteiger charge is -2.27. The average molecular weight is 251 g/mol. The number of hydrogen-bond acceptors (Lipinski definition) is 4. The highest BCUT2D eigenvalue weighted by molar-refractivity contribution is 5.71. The van der Waals surface area contributed by atoms with Crippen molar-refractivity contribution in [3.63, 3.8) is 0 Å². The van der Waals surface area contributed by atoms with E-state index in [1.54, 1.807) is 6.20 Å². The Hall–Kier alpha value is -1.36. The third kappa shape index (κ3) is 3.57. The molecule has 0 N–H and O–H groups in total. The molecule has 0 spiro atoms. The van der Waals surface area contributed by atoms with Crippen LogP contribution in [0.4, 0.5) is 0 Å². The van der Waals surface area contributed by atoms with Crippen molar-refractivity contribution in [3.05, 3.63) is 18.7 Å². The average Bonchev–Trinajstić information content (AvgIpc) is 3.06. The Labute approximate surface area is 108 Å². The summed E-state index contributed by atoms with van der Waals surface area (Å²) in [5.74, 6) is -0.146. The second-order valence-electron chi connectivity index (χ2n) is 4.79. The topological polar surface area (TPSA) is 47.4 Å². The van der Waals surface area contributed by atoms with Crippen LogP contribution in [0.1, 0.15) is 25.7 Å². The molecule has 0 radical (unpaired) electrons. The van der Waals surface area contributed by atoms with E-state index in [1.807, 2.05) is 17.1 Å². The van der Waals surface area contributed by atoms with Crippen molar-refractivity contribution in [2.75, 3.05) is 20.2 Å². The van der Waals surface area contributed by atoms with Crippen LogP contribution < -0.4 is 0 Å². The first-order valence-electron chi connectivity index (χ1n) is 6.56. The zero-order chi connectivity index (χ0) is 12.8. The molecule has 1 aromatic rings. The summed E-state index contributed by atoms with van der Waals surface area (Å²) in [4.78, 5) is 17.7. The van der Waals surface area contributed by atoms with Gasteiger partial charge in [-0.25, -0.2) is 4.98 Å². The molecule has 0 bridgehead atoms. The van der Waals surface area contributed by atoms with Crippen LogP contribution in [0.25, 0.3) is 0 Å². The maximum absolute atomic E-state index is 11.5. The maximum Gasteiger partial charge on any atom is 0.319 e. The Balaban J connectivity index is 1.88. The molecule has 1 saturated carbocycles. The number of ether oxygens (including phenoxy) is 1. The second kappa shape index (κ2) is 6.54. The van der Waals surface area contributed by atoms with Gasteiger partial charge < -0.3 is 9.30 Å². The minimum atomic E-state index is -0.146. The van der Waals surface area contributed by atoms with E-state index in [-0.39, 0.29) is 5.97 Å². The first-order chi connectivity index (χ1) is 8.79.